The molecule has 0 spiro atoms. The molecular weight excluding hydrogens is 240 g/mol. The van der Waals surface area contributed by atoms with Gasteiger partial charge in [0, 0.05) is 6.04 Å². The first-order chi connectivity index (χ1) is 9.08. The highest BCUT2D eigenvalue weighted by Crippen LogP contribution is 2.36. The van der Waals surface area contributed by atoms with Crippen molar-refractivity contribution in [1.82, 2.24) is 10.2 Å². The molecule has 1 aliphatic carbocycles. The Hall–Kier alpha value is -1.06. The Kier molecular flexibility index (Phi) is 4.48. The minimum Gasteiger partial charge on any atom is -0.343 e. The monoisotopic (exact) mass is 266 g/mol. The van der Waals surface area contributed by atoms with Crippen LogP contribution in [0.25, 0.3) is 0 Å². The lowest BCUT2D eigenvalue weighted by Gasteiger charge is -2.42. The second-order valence-corrected chi connectivity index (χ2v) is 6.01. The predicted molar refractivity (Wildman–Crippen MR) is 74.6 cm³/mol. The largest absolute Gasteiger partial charge is 0.343 e. The third-order valence-corrected chi connectivity index (χ3v) is 4.41. The van der Waals surface area contributed by atoms with Crippen molar-refractivity contribution < 1.29 is 9.59 Å². The zero-order valence-corrected chi connectivity index (χ0v) is 12.3. The third kappa shape index (κ3) is 3.10. The summed E-state index contributed by atoms with van der Waals surface area (Å²) in [7, 11) is 0. The smallest absolute Gasteiger partial charge is 0.246 e. The molecule has 0 aromatic rings. The summed E-state index contributed by atoms with van der Waals surface area (Å²) < 4.78 is 0. The lowest BCUT2D eigenvalue weighted by Crippen LogP contribution is -2.64. The third-order valence-electron chi connectivity index (χ3n) is 4.41. The number of rotatable bonds is 6. The van der Waals surface area contributed by atoms with Crippen LogP contribution in [-0.2, 0) is 9.59 Å². The molecule has 1 aliphatic heterocycles. The molecule has 1 saturated heterocycles. The first kappa shape index (κ1) is 14.4. The molecule has 1 N–H and O–H groups in total. The topological polar surface area (TPSA) is 49.4 Å². The maximum Gasteiger partial charge on any atom is 0.246 e. The summed E-state index contributed by atoms with van der Waals surface area (Å²) in [5, 5.41) is 2.86. The van der Waals surface area contributed by atoms with Crippen LogP contribution in [0.4, 0.5) is 0 Å². The summed E-state index contributed by atoms with van der Waals surface area (Å²) in [6.45, 7) is 6.02. The van der Waals surface area contributed by atoms with E-state index in [2.05, 4.69) is 12.2 Å². The molecule has 2 fully saturated rings. The van der Waals surface area contributed by atoms with Crippen molar-refractivity contribution in [3.8, 4) is 0 Å². The molecule has 2 amide bonds. The Morgan fingerprint density at radius 3 is 2.53 bits per heavy atom. The highest BCUT2D eigenvalue weighted by molar-refractivity contribution is 5.96. The molecular formula is C15H26N2O2. The van der Waals surface area contributed by atoms with Gasteiger partial charge in [-0.1, -0.05) is 33.1 Å². The van der Waals surface area contributed by atoms with E-state index in [1.165, 1.54) is 12.8 Å². The molecule has 2 rings (SSSR count). The molecule has 19 heavy (non-hydrogen) atoms. The van der Waals surface area contributed by atoms with Crippen molar-refractivity contribution in [2.75, 3.05) is 0 Å². The van der Waals surface area contributed by atoms with E-state index in [4.69, 9.17) is 0 Å². The van der Waals surface area contributed by atoms with Crippen molar-refractivity contribution in [1.29, 1.82) is 0 Å². The molecule has 1 saturated carbocycles. The van der Waals surface area contributed by atoms with Crippen LogP contribution < -0.4 is 5.32 Å². The van der Waals surface area contributed by atoms with Gasteiger partial charge < -0.3 is 10.2 Å². The summed E-state index contributed by atoms with van der Waals surface area (Å²) in [5.41, 5.74) is 0. The fourth-order valence-electron chi connectivity index (χ4n) is 3.05. The minimum absolute atomic E-state index is 0.00676. The van der Waals surface area contributed by atoms with Crippen LogP contribution in [0.5, 0.6) is 0 Å². The Bertz CT molecular complexity index is 352. The van der Waals surface area contributed by atoms with E-state index < -0.39 is 0 Å². The maximum atomic E-state index is 12.6. The van der Waals surface area contributed by atoms with E-state index in [1.807, 2.05) is 18.7 Å². The SMILES string of the molecule is CCCC1NC(=O)C(C)N(C(CC)CC2CC2)C1=O. The average Bonchev–Trinajstić information content (AvgIpc) is 3.19. The molecule has 1 heterocycles. The van der Waals surface area contributed by atoms with Gasteiger partial charge in [0.15, 0.2) is 0 Å². The lowest BCUT2D eigenvalue weighted by molar-refractivity contribution is -0.152. The van der Waals surface area contributed by atoms with Crippen LogP contribution in [0.3, 0.4) is 0 Å². The summed E-state index contributed by atoms with van der Waals surface area (Å²) in [4.78, 5) is 26.5. The molecule has 4 heteroatoms. The summed E-state index contributed by atoms with van der Waals surface area (Å²) in [6, 6.07) is -0.383. The Balaban J connectivity index is 2.12. The molecule has 3 unspecified atom stereocenters. The van der Waals surface area contributed by atoms with Gasteiger partial charge in [0.05, 0.1) is 0 Å². The second kappa shape index (κ2) is 5.93. The first-order valence-electron chi connectivity index (χ1n) is 7.71. The molecule has 3 atom stereocenters. The zero-order chi connectivity index (χ0) is 14.0. The average molecular weight is 266 g/mol. The number of hydrogen-bond acceptors (Lipinski definition) is 2. The fourth-order valence-corrected chi connectivity index (χ4v) is 3.05. The van der Waals surface area contributed by atoms with Gasteiger partial charge >= 0.3 is 0 Å². The Labute approximate surface area is 115 Å². The number of piperazine rings is 1. The first-order valence-corrected chi connectivity index (χ1v) is 7.71. The van der Waals surface area contributed by atoms with Crippen molar-refractivity contribution in [2.24, 2.45) is 5.92 Å². The minimum atomic E-state index is -0.315. The molecule has 0 radical (unpaired) electrons. The van der Waals surface area contributed by atoms with E-state index in [0.717, 1.165) is 31.6 Å². The van der Waals surface area contributed by atoms with Gasteiger partial charge in [-0.15, -0.1) is 0 Å². The quantitative estimate of drug-likeness (QED) is 0.800. The van der Waals surface area contributed by atoms with Gasteiger partial charge in [-0.05, 0) is 32.1 Å². The number of nitrogens with one attached hydrogen (secondary N) is 1. The van der Waals surface area contributed by atoms with Gasteiger partial charge in [-0.3, -0.25) is 9.59 Å². The summed E-state index contributed by atoms with van der Waals surface area (Å²) >= 11 is 0. The standard InChI is InChI=1S/C15H26N2O2/c1-4-6-13-15(19)17(10(3)14(18)16-13)12(5-2)9-11-7-8-11/h10-13H,4-9H2,1-3H3,(H,16,18). The molecule has 0 aromatic heterocycles. The molecule has 4 nitrogen and oxygen atoms in total. The highest BCUT2D eigenvalue weighted by Gasteiger charge is 2.41. The zero-order valence-electron chi connectivity index (χ0n) is 12.3. The van der Waals surface area contributed by atoms with Crippen LogP contribution in [0, 0.1) is 5.92 Å². The maximum absolute atomic E-state index is 12.6. The van der Waals surface area contributed by atoms with Gasteiger partial charge in [0.2, 0.25) is 11.8 Å². The fraction of sp³-hybridized carbons (Fsp3) is 0.867. The number of hydrogen-bond donors (Lipinski definition) is 1. The molecule has 108 valence electrons. The van der Waals surface area contributed by atoms with E-state index >= 15 is 0 Å². The Morgan fingerprint density at radius 2 is 2.00 bits per heavy atom. The van der Waals surface area contributed by atoms with Crippen LogP contribution >= 0.6 is 0 Å². The highest BCUT2D eigenvalue weighted by atomic mass is 16.2. The van der Waals surface area contributed by atoms with E-state index in [-0.39, 0.29) is 29.9 Å². The summed E-state index contributed by atoms with van der Waals surface area (Å²) in [5.74, 6) is 0.910. The van der Waals surface area contributed by atoms with Crippen LogP contribution in [0.15, 0.2) is 0 Å². The van der Waals surface area contributed by atoms with Crippen molar-refractivity contribution in [2.45, 2.75) is 77.4 Å². The van der Waals surface area contributed by atoms with E-state index in [9.17, 15) is 9.59 Å². The van der Waals surface area contributed by atoms with Crippen molar-refractivity contribution >= 4 is 11.8 Å². The lowest BCUT2D eigenvalue weighted by atomic mass is 9.98. The number of nitrogens with zero attached hydrogens (tertiary/aromatic N) is 1. The van der Waals surface area contributed by atoms with Gasteiger partial charge in [-0.25, -0.2) is 0 Å². The van der Waals surface area contributed by atoms with Gasteiger partial charge in [0.1, 0.15) is 12.1 Å². The molecule has 2 aliphatic rings. The van der Waals surface area contributed by atoms with Gasteiger partial charge in [0.25, 0.3) is 0 Å². The van der Waals surface area contributed by atoms with Crippen LogP contribution in [0.1, 0.15) is 59.3 Å². The van der Waals surface area contributed by atoms with Gasteiger partial charge in [-0.2, -0.15) is 0 Å². The van der Waals surface area contributed by atoms with E-state index in [1.54, 1.807) is 0 Å². The molecule has 0 bridgehead atoms. The predicted octanol–water partition coefficient (Wildman–Crippen LogP) is 2.08. The number of amides is 2. The van der Waals surface area contributed by atoms with Crippen LogP contribution in [-0.4, -0.2) is 34.8 Å². The normalized spacial score (nSPS) is 29.3. The Morgan fingerprint density at radius 1 is 1.32 bits per heavy atom. The second-order valence-electron chi connectivity index (χ2n) is 6.01. The molecule has 0 aromatic carbocycles. The number of carbonyl (C=O) groups is 2. The van der Waals surface area contributed by atoms with E-state index in [0.29, 0.717) is 0 Å². The summed E-state index contributed by atoms with van der Waals surface area (Å²) in [6.07, 6.45) is 6.25. The number of carbonyl (C=O) groups excluding carboxylic acids is 2. The van der Waals surface area contributed by atoms with Crippen molar-refractivity contribution in [3.63, 3.8) is 0 Å². The van der Waals surface area contributed by atoms with Crippen LogP contribution in [0.2, 0.25) is 0 Å². The van der Waals surface area contributed by atoms with Crippen molar-refractivity contribution in [3.05, 3.63) is 0 Å².